The van der Waals surface area contributed by atoms with E-state index in [1.165, 1.54) is 0 Å². The molecule has 0 bridgehead atoms. The van der Waals surface area contributed by atoms with Crippen molar-refractivity contribution in [1.29, 1.82) is 0 Å². The molecule has 1 rings (SSSR count). The van der Waals surface area contributed by atoms with E-state index in [0.29, 0.717) is 6.07 Å². The lowest BCUT2D eigenvalue weighted by atomic mass is 10.1. The summed E-state index contributed by atoms with van der Waals surface area (Å²) in [7, 11) is 0. The lowest BCUT2D eigenvalue weighted by molar-refractivity contribution is -0.140. The molecule has 0 atom stereocenters. The minimum absolute atomic E-state index is 0.230. The number of benzene rings is 1. The van der Waals surface area contributed by atoms with Crippen LogP contribution in [0.25, 0.3) is 10.4 Å². The number of rotatable bonds is 1. The summed E-state index contributed by atoms with van der Waals surface area (Å²) >= 11 is 0. The van der Waals surface area contributed by atoms with Gasteiger partial charge in [0.05, 0.1) is 17.7 Å². The molecule has 3 nitrogen and oxygen atoms in total. The first-order valence-corrected chi connectivity index (χ1v) is 4.32. The van der Waals surface area contributed by atoms with Gasteiger partial charge in [-0.3, -0.25) is 0 Å². The normalized spacial score (nSPS) is 10.1. The van der Waals surface area contributed by atoms with Gasteiger partial charge in [-0.25, -0.2) is 4.39 Å². The van der Waals surface area contributed by atoms with E-state index >= 15 is 0 Å². The third kappa shape index (κ3) is 3.40. The Morgan fingerprint density at radius 2 is 2.06 bits per heavy atom. The molecule has 88 valence electrons. The number of nitrogens with zero attached hydrogens (tertiary/aromatic N) is 3. The third-order valence-electron chi connectivity index (χ3n) is 1.74. The average Bonchev–Trinajstić information content (AvgIpc) is 2.25. The maximum Gasteiger partial charge on any atom is 0.419 e. The number of halogens is 4. The van der Waals surface area contributed by atoms with Gasteiger partial charge in [0.25, 0.3) is 0 Å². The molecule has 0 unspecified atom stereocenters. The van der Waals surface area contributed by atoms with E-state index in [0.717, 1.165) is 12.1 Å². The Hall–Kier alpha value is -2.19. The van der Waals surface area contributed by atoms with E-state index in [1.54, 1.807) is 0 Å². The average molecular weight is 243 g/mol. The van der Waals surface area contributed by atoms with Gasteiger partial charge in [0.15, 0.2) is 5.82 Å². The van der Waals surface area contributed by atoms with Crippen molar-refractivity contribution < 1.29 is 17.6 Å². The zero-order valence-corrected chi connectivity index (χ0v) is 8.29. The maximum absolute atomic E-state index is 13.4. The number of azide groups is 1. The fourth-order valence-corrected chi connectivity index (χ4v) is 1.05. The van der Waals surface area contributed by atoms with Crippen molar-refractivity contribution in [2.45, 2.75) is 6.18 Å². The molecule has 0 heterocycles. The SMILES string of the molecule is [N-]=[N+]=NCC#Cc1cccc(C(F)(F)F)c1F. The second kappa shape index (κ2) is 5.23. The van der Waals surface area contributed by atoms with Crippen molar-refractivity contribution in [2.75, 3.05) is 6.54 Å². The molecular formula is C10H5F4N3. The molecule has 1 aromatic rings. The molecular weight excluding hydrogens is 238 g/mol. The Labute approximate surface area is 93.7 Å². The molecule has 0 aliphatic carbocycles. The molecule has 0 radical (unpaired) electrons. The van der Waals surface area contributed by atoms with Gasteiger partial charge >= 0.3 is 6.18 Å². The summed E-state index contributed by atoms with van der Waals surface area (Å²) in [5.41, 5.74) is 6.19. The summed E-state index contributed by atoms with van der Waals surface area (Å²) in [5, 5.41) is 3.05. The molecule has 0 N–H and O–H groups in total. The Morgan fingerprint density at radius 3 is 2.65 bits per heavy atom. The van der Waals surface area contributed by atoms with Gasteiger partial charge in [0.1, 0.15) is 0 Å². The van der Waals surface area contributed by atoms with E-state index in [4.69, 9.17) is 5.53 Å². The van der Waals surface area contributed by atoms with E-state index in [2.05, 4.69) is 21.9 Å². The zero-order chi connectivity index (χ0) is 12.9. The summed E-state index contributed by atoms with van der Waals surface area (Å²) in [5.74, 6) is 2.99. The van der Waals surface area contributed by atoms with Crippen LogP contribution in [-0.4, -0.2) is 6.54 Å². The van der Waals surface area contributed by atoms with Gasteiger partial charge in [0.2, 0.25) is 0 Å². The fraction of sp³-hybridized carbons (Fsp3) is 0.200. The van der Waals surface area contributed by atoms with Gasteiger partial charge < -0.3 is 0 Å². The Morgan fingerprint density at radius 1 is 1.35 bits per heavy atom. The predicted molar refractivity (Wildman–Crippen MR) is 52.3 cm³/mol. The highest BCUT2D eigenvalue weighted by atomic mass is 19.4. The van der Waals surface area contributed by atoms with E-state index in [-0.39, 0.29) is 12.1 Å². The lowest BCUT2D eigenvalue weighted by Gasteiger charge is -2.08. The van der Waals surface area contributed by atoms with Gasteiger partial charge in [-0.05, 0) is 17.7 Å². The number of hydrogen-bond acceptors (Lipinski definition) is 1. The maximum atomic E-state index is 13.4. The molecule has 17 heavy (non-hydrogen) atoms. The van der Waals surface area contributed by atoms with Crippen LogP contribution >= 0.6 is 0 Å². The second-order valence-corrected chi connectivity index (χ2v) is 2.86. The van der Waals surface area contributed by atoms with Crippen molar-refractivity contribution in [3.63, 3.8) is 0 Å². The first-order valence-electron chi connectivity index (χ1n) is 4.32. The van der Waals surface area contributed by atoms with Crippen molar-refractivity contribution >= 4 is 0 Å². The molecule has 0 aromatic heterocycles. The molecule has 0 aliphatic rings. The van der Waals surface area contributed by atoms with E-state index in [9.17, 15) is 17.6 Å². The van der Waals surface area contributed by atoms with Crippen LogP contribution in [0.2, 0.25) is 0 Å². The molecule has 0 saturated carbocycles. The Bertz CT molecular complexity index is 519. The van der Waals surface area contributed by atoms with Crippen LogP contribution in [0.5, 0.6) is 0 Å². The smallest absolute Gasteiger partial charge is 0.205 e. The topological polar surface area (TPSA) is 48.8 Å². The van der Waals surface area contributed by atoms with E-state index in [1.807, 2.05) is 0 Å². The summed E-state index contributed by atoms with van der Waals surface area (Å²) in [6.45, 7) is -0.230. The van der Waals surface area contributed by atoms with Crippen LogP contribution < -0.4 is 0 Å². The quantitative estimate of drug-likeness (QED) is 0.238. The molecule has 7 heteroatoms. The summed E-state index contributed by atoms with van der Waals surface area (Å²) in [6, 6.07) is 2.81. The number of hydrogen-bond donors (Lipinski definition) is 0. The summed E-state index contributed by atoms with van der Waals surface area (Å²) in [4.78, 5) is 2.39. The lowest BCUT2D eigenvalue weighted by Crippen LogP contribution is -2.08. The Kier molecular flexibility index (Phi) is 3.96. The molecule has 0 spiro atoms. The largest absolute Gasteiger partial charge is 0.419 e. The van der Waals surface area contributed by atoms with Gasteiger partial charge in [-0.15, -0.1) is 0 Å². The van der Waals surface area contributed by atoms with Crippen molar-refractivity contribution in [2.24, 2.45) is 5.11 Å². The van der Waals surface area contributed by atoms with Crippen LogP contribution in [0.4, 0.5) is 17.6 Å². The van der Waals surface area contributed by atoms with Crippen LogP contribution in [0, 0.1) is 17.7 Å². The van der Waals surface area contributed by atoms with Gasteiger partial charge in [-0.1, -0.05) is 23.0 Å². The second-order valence-electron chi connectivity index (χ2n) is 2.86. The minimum Gasteiger partial charge on any atom is -0.205 e. The highest BCUT2D eigenvalue weighted by Crippen LogP contribution is 2.32. The zero-order valence-electron chi connectivity index (χ0n) is 8.29. The van der Waals surface area contributed by atoms with Gasteiger partial charge in [0, 0.05) is 4.91 Å². The number of alkyl halides is 3. The summed E-state index contributed by atoms with van der Waals surface area (Å²) in [6.07, 6.45) is -4.76. The molecule has 0 saturated heterocycles. The van der Waals surface area contributed by atoms with Crippen LogP contribution in [0.1, 0.15) is 11.1 Å². The van der Waals surface area contributed by atoms with Crippen molar-refractivity contribution in [3.05, 3.63) is 45.6 Å². The van der Waals surface area contributed by atoms with Crippen LogP contribution in [0.3, 0.4) is 0 Å². The van der Waals surface area contributed by atoms with Gasteiger partial charge in [-0.2, -0.15) is 13.2 Å². The molecule has 1 aromatic carbocycles. The fourth-order valence-electron chi connectivity index (χ4n) is 1.05. The standard InChI is InChI=1S/C10H5F4N3/c11-9-7(4-2-6-16-17-15)3-1-5-8(9)10(12,13)14/h1,3,5H,6H2. The molecule has 0 fully saturated rings. The van der Waals surface area contributed by atoms with Crippen LogP contribution in [-0.2, 0) is 6.18 Å². The molecule has 0 aliphatic heterocycles. The summed E-state index contributed by atoms with van der Waals surface area (Å²) < 4.78 is 50.3. The van der Waals surface area contributed by atoms with Crippen molar-refractivity contribution in [3.8, 4) is 11.8 Å². The van der Waals surface area contributed by atoms with Crippen molar-refractivity contribution in [1.82, 2.24) is 0 Å². The van der Waals surface area contributed by atoms with Crippen LogP contribution in [0.15, 0.2) is 23.3 Å². The predicted octanol–water partition coefficient (Wildman–Crippen LogP) is 3.51. The first kappa shape index (κ1) is 12.9. The van der Waals surface area contributed by atoms with E-state index < -0.39 is 17.6 Å². The third-order valence-corrected chi connectivity index (χ3v) is 1.74. The minimum atomic E-state index is -4.76. The first-order chi connectivity index (χ1) is 7.96. The monoisotopic (exact) mass is 243 g/mol. The molecule has 0 amide bonds. The Balaban J connectivity index is 3.10. The highest BCUT2D eigenvalue weighted by molar-refractivity contribution is 5.40. The highest BCUT2D eigenvalue weighted by Gasteiger charge is 2.34.